The van der Waals surface area contributed by atoms with Crippen LogP contribution in [0.5, 0.6) is 0 Å². The largest absolute Gasteiger partial charge is 0.459 e. The summed E-state index contributed by atoms with van der Waals surface area (Å²) in [5.41, 5.74) is 0.861. The monoisotopic (exact) mass is 382 g/mol. The number of allylic oxidation sites excluding steroid dienone is 2. The molecule has 1 aromatic carbocycles. The number of benzene rings is 1. The number of imide groups is 1. The van der Waals surface area contributed by atoms with E-state index in [0.717, 1.165) is 11.3 Å². The second-order valence-electron chi connectivity index (χ2n) is 7.84. The first-order valence-electron chi connectivity index (χ1n) is 9.49. The van der Waals surface area contributed by atoms with Gasteiger partial charge in [0.15, 0.2) is 0 Å². The topological polar surface area (TPSA) is 92.8 Å². The molecule has 7 nitrogen and oxygen atoms in total. The Morgan fingerprint density at radius 2 is 1.64 bits per heavy atom. The zero-order valence-corrected chi connectivity index (χ0v) is 15.8. The number of nitrogens with zero attached hydrogens (tertiary/aromatic N) is 1. The van der Waals surface area contributed by atoms with Gasteiger partial charge in [0.1, 0.15) is 6.54 Å². The number of hydrogen-bond donors (Lipinski definition) is 1. The molecule has 1 aliphatic heterocycles. The van der Waals surface area contributed by atoms with Crippen LogP contribution in [0, 0.1) is 23.7 Å². The highest BCUT2D eigenvalue weighted by Crippen LogP contribution is 2.52. The number of rotatable bonds is 5. The number of anilines is 1. The number of hydrogen-bond acceptors (Lipinski definition) is 5. The lowest BCUT2D eigenvalue weighted by Gasteiger charge is -2.17. The van der Waals surface area contributed by atoms with Gasteiger partial charge in [-0.05, 0) is 56.4 Å². The molecule has 4 rings (SSSR count). The van der Waals surface area contributed by atoms with E-state index in [1.54, 1.807) is 38.1 Å². The van der Waals surface area contributed by atoms with Crippen LogP contribution in [0.2, 0.25) is 0 Å². The van der Waals surface area contributed by atoms with Crippen molar-refractivity contribution in [1.29, 1.82) is 0 Å². The van der Waals surface area contributed by atoms with E-state index in [9.17, 15) is 19.2 Å². The minimum absolute atomic E-state index is 0.123. The molecular weight excluding hydrogens is 360 g/mol. The molecule has 1 saturated carbocycles. The van der Waals surface area contributed by atoms with Crippen LogP contribution in [-0.4, -0.2) is 41.2 Å². The van der Waals surface area contributed by atoms with Gasteiger partial charge in [0.25, 0.3) is 0 Å². The third-order valence-corrected chi connectivity index (χ3v) is 5.61. The summed E-state index contributed by atoms with van der Waals surface area (Å²) in [5, 5.41) is 2.67. The van der Waals surface area contributed by atoms with Gasteiger partial charge in [0.2, 0.25) is 17.7 Å². The number of carbonyl (C=O) groups is 4. The van der Waals surface area contributed by atoms with E-state index in [4.69, 9.17) is 4.74 Å². The maximum atomic E-state index is 12.6. The molecule has 1 heterocycles. The number of amides is 3. The van der Waals surface area contributed by atoms with Crippen molar-refractivity contribution in [2.24, 2.45) is 23.7 Å². The molecule has 2 bridgehead atoms. The normalized spacial score (nSPS) is 27.5. The van der Waals surface area contributed by atoms with Crippen LogP contribution in [0.1, 0.15) is 30.6 Å². The quantitative estimate of drug-likeness (QED) is 0.478. The molecule has 1 saturated heterocycles. The minimum Gasteiger partial charge on any atom is -0.459 e. The number of ether oxygens (including phenoxy) is 1. The molecule has 146 valence electrons. The Morgan fingerprint density at radius 1 is 1.07 bits per heavy atom. The Bertz CT molecular complexity index is 843. The molecule has 2 fully saturated rings. The Kier molecular flexibility index (Phi) is 4.53. The van der Waals surface area contributed by atoms with E-state index >= 15 is 0 Å². The molecule has 0 unspecified atom stereocenters. The summed E-state index contributed by atoms with van der Waals surface area (Å²) in [4.78, 5) is 50.5. The molecule has 0 spiro atoms. The summed E-state index contributed by atoms with van der Waals surface area (Å²) >= 11 is 0. The summed E-state index contributed by atoms with van der Waals surface area (Å²) in [6.45, 7) is 3.24. The maximum Gasteiger partial charge on any atom is 0.338 e. The first-order valence-corrected chi connectivity index (χ1v) is 9.49. The molecule has 1 aromatic rings. The van der Waals surface area contributed by atoms with Crippen molar-refractivity contribution in [1.82, 2.24) is 4.90 Å². The summed E-state index contributed by atoms with van der Waals surface area (Å²) < 4.78 is 5.12. The van der Waals surface area contributed by atoms with E-state index in [1.165, 1.54) is 0 Å². The lowest BCUT2D eigenvalue weighted by atomic mass is 9.85. The van der Waals surface area contributed by atoms with Gasteiger partial charge in [-0.15, -0.1) is 0 Å². The van der Waals surface area contributed by atoms with Gasteiger partial charge in [-0.25, -0.2) is 4.79 Å². The van der Waals surface area contributed by atoms with Gasteiger partial charge >= 0.3 is 5.97 Å². The Labute approximate surface area is 162 Å². The average molecular weight is 382 g/mol. The van der Waals surface area contributed by atoms with Crippen molar-refractivity contribution in [2.75, 3.05) is 11.9 Å². The lowest BCUT2D eigenvalue weighted by molar-refractivity contribution is -0.143. The fourth-order valence-electron chi connectivity index (χ4n) is 4.44. The predicted octanol–water partition coefficient (Wildman–Crippen LogP) is 2.00. The molecule has 0 radical (unpaired) electrons. The van der Waals surface area contributed by atoms with E-state index in [2.05, 4.69) is 5.32 Å². The average Bonchev–Trinajstić information content (AvgIpc) is 3.32. The molecular formula is C21H22N2O5. The fourth-order valence-corrected chi connectivity index (χ4v) is 4.44. The van der Waals surface area contributed by atoms with Crippen LogP contribution in [0.15, 0.2) is 36.4 Å². The zero-order chi connectivity index (χ0) is 20.0. The number of nitrogens with one attached hydrogen (secondary N) is 1. The number of fused-ring (bicyclic) bond motifs is 5. The molecule has 7 heteroatoms. The third kappa shape index (κ3) is 3.10. The number of carbonyl (C=O) groups excluding carboxylic acids is 4. The smallest absolute Gasteiger partial charge is 0.338 e. The molecule has 4 atom stereocenters. The van der Waals surface area contributed by atoms with Gasteiger partial charge in [-0.2, -0.15) is 0 Å². The van der Waals surface area contributed by atoms with E-state index in [-0.39, 0.29) is 48.1 Å². The van der Waals surface area contributed by atoms with Gasteiger partial charge in [-0.1, -0.05) is 12.2 Å². The number of likely N-dealkylation sites (tertiary alicyclic amines) is 1. The second kappa shape index (κ2) is 6.89. The lowest BCUT2D eigenvalue weighted by Crippen LogP contribution is -2.39. The highest BCUT2D eigenvalue weighted by atomic mass is 16.5. The summed E-state index contributed by atoms with van der Waals surface area (Å²) in [6.07, 6.45) is 4.68. The predicted molar refractivity (Wildman–Crippen MR) is 100 cm³/mol. The van der Waals surface area contributed by atoms with Crippen molar-refractivity contribution < 1.29 is 23.9 Å². The molecule has 3 amide bonds. The molecule has 1 N–H and O–H groups in total. The molecule has 3 aliphatic rings. The maximum absolute atomic E-state index is 12.6. The fraction of sp³-hybridized carbons (Fsp3) is 0.429. The first-order chi connectivity index (χ1) is 13.3. The van der Waals surface area contributed by atoms with Crippen molar-refractivity contribution >= 4 is 29.4 Å². The molecule has 28 heavy (non-hydrogen) atoms. The Balaban J connectivity index is 1.37. The first kappa shape index (κ1) is 18.4. The van der Waals surface area contributed by atoms with Crippen LogP contribution in [0.4, 0.5) is 5.69 Å². The number of esters is 1. The van der Waals surface area contributed by atoms with Crippen molar-refractivity contribution in [3.05, 3.63) is 42.0 Å². The molecule has 2 aliphatic carbocycles. The van der Waals surface area contributed by atoms with Gasteiger partial charge in [0, 0.05) is 5.69 Å². The standard InChI is InChI=1S/C21H22N2O5/c1-11(2)28-21(27)12-5-7-15(8-6-12)22-16(24)10-23-19(25)17-13-3-4-14(9-13)18(17)20(23)26/h3-8,11,13-14,17-18H,9-10H2,1-2H3,(H,22,24)/t13-,14-,17-,18+/m0/s1. The van der Waals surface area contributed by atoms with Crippen LogP contribution >= 0.6 is 0 Å². The SMILES string of the molecule is CC(C)OC(=O)c1ccc(NC(=O)CN2C(=O)[C@@H]3[C@H](C2=O)[C@H]2C=C[C@H]3C2)cc1. The molecule has 0 aromatic heterocycles. The second-order valence-corrected chi connectivity index (χ2v) is 7.84. The summed E-state index contributed by atoms with van der Waals surface area (Å²) in [7, 11) is 0. The van der Waals surface area contributed by atoms with Crippen LogP contribution in [-0.2, 0) is 19.1 Å². The zero-order valence-electron chi connectivity index (χ0n) is 15.8. The summed E-state index contributed by atoms with van der Waals surface area (Å²) in [6, 6.07) is 6.28. The summed E-state index contributed by atoms with van der Waals surface area (Å²) in [5.74, 6) is -1.73. The van der Waals surface area contributed by atoms with Gasteiger partial charge in [0.05, 0.1) is 23.5 Å². The van der Waals surface area contributed by atoms with Crippen molar-refractivity contribution in [3.8, 4) is 0 Å². The van der Waals surface area contributed by atoms with E-state index < -0.39 is 11.9 Å². The third-order valence-electron chi connectivity index (χ3n) is 5.61. The minimum atomic E-state index is -0.445. The highest BCUT2D eigenvalue weighted by Gasteiger charge is 2.59. The highest BCUT2D eigenvalue weighted by molar-refractivity contribution is 6.09. The van der Waals surface area contributed by atoms with E-state index in [0.29, 0.717) is 11.3 Å². The van der Waals surface area contributed by atoms with E-state index in [1.807, 2.05) is 12.2 Å². The van der Waals surface area contributed by atoms with Crippen LogP contribution < -0.4 is 5.32 Å². The van der Waals surface area contributed by atoms with Gasteiger partial charge < -0.3 is 10.1 Å². The Morgan fingerprint density at radius 3 is 2.18 bits per heavy atom. The van der Waals surface area contributed by atoms with Crippen LogP contribution in [0.3, 0.4) is 0 Å². The Hall–Kier alpha value is -2.96. The van der Waals surface area contributed by atoms with Gasteiger partial charge in [-0.3, -0.25) is 19.3 Å². The van der Waals surface area contributed by atoms with Crippen molar-refractivity contribution in [2.45, 2.75) is 26.4 Å². The van der Waals surface area contributed by atoms with Crippen molar-refractivity contribution in [3.63, 3.8) is 0 Å². The van der Waals surface area contributed by atoms with Crippen LogP contribution in [0.25, 0.3) is 0 Å².